The summed E-state index contributed by atoms with van der Waals surface area (Å²) in [4.78, 5) is 31.3. The highest BCUT2D eigenvalue weighted by Gasteiger charge is 2.35. The SMILES string of the molecule is CN(C)CCn1cc(C2=C(c3c[nH]c4ccccc34)C(=O)NC2=O)c2c(Br)cccc21. The first-order valence-electron chi connectivity index (χ1n) is 10.0. The average molecular weight is 477 g/mol. The van der Waals surface area contributed by atoms with Crippen LogP contribution in [0.5, 0.6) is 0 Å². The van der Waals surface area contributed by atoms with Gasteiger partial charge in [0.05, 0.1) is 11.1 Å². The van der Waals surface area contributed by atoms with E-state index in [1.807, 2.05) is 62.8 Å². The summed E-state index contributed by atoms with van der Waals surface area (Å²) in [6.07, 6.45) is 3.79. The predicted molar refractivity (Wildman–Crippen MR) is 126 cm³/mol. The number of rotatable bonds is 5. The Morgan fingerprint density at radius 2 is 1.71 bits per heavy atom. The zero-order valence-electron chi connectivity index (χ0n) is 17.2. The van der Waals surface area contributed by atoms with Crippen molar-refractivity contribution < 1.29 is 9.59 Å². The number of carbonyl (C=O) groups excluding carboxylic acids is 2. The molecule has 0 saturated heterocycles. The normalized spacial score (nSPS) is 14.5. The summed E-state index contributed by atoms with van der Waals surface area (Å²) in [5, 5.41) is 4.35. The van der Waals surface area contributed by atoms with E-state index in [1.54, 1.807) is 6.20 Å². The monoisotopic (exact) mass is 476 g/mol. The second-order valence-corrected chi connectivity index (χ2v) is 8.81. The van der Waals surface area contributed by atoms with Gasteiger partial charge in [-0.1, -0.05) is 40.2 Å². The minimum atomic E-state index is -0.369. The molecule has 2 aromatic heterocycles. The van der Waals surface area contributed by atoms with Crippen molar-refractivity contribution >= 4 is 60.7 Å². The Morgan fingerprint density at radius 3 is 2.48 bits per heavy atom. The number of aromatic nitrogens is 2. The van der Waals surface area contributed by atoms with Gasteiger partial charge in [-0.15, -0.1) is 0 Å². The predicted octanol–water partition coefficient (Wildman–Crippen LogP) is 4.01. The number of fused-ring (bicyclic) bond motifs is 2. The van der Waals surface area contributed by atoms with Gasteiger partial charge in [0.1, 0.15) is 0 Å². The van der Waals surface area contributed by atoms with E-state index in [1.165, 1.54) is 0 Å². The Balaban J connectivity index is 1.79. The van der Waals surface area contributed by atoms with Crippen LogP contribution in [0.3, 0.4) is 0 Å². The van der Waals surface area contributed by atoms with E-state index in [9.17, 15) is 9.59 Å². The molecule has 0 saturated carbocycles. The molecule has 7 heteroatoms. The number of carbonyl (C=O) groups is 2. The minimum absolute atomic E-state index is 0.368. The van der Waals surface area contributed by atoms with E-state index >= 15 is 0 Å². The van der Waals surface area contributed by atoms with Crippen molar-refractivity contribution in [1.82, 2.24) is 19.8 Å². The Labute approximate surface area is 187 Å². The molecular formula is C24H21BrN4O2. The van der Waals surface area contributed by atoms with Gasteiger partial charge in [-0.3, -0.25) is 14.9 Å². The molecule has 1 aliphatic rings. The Bertz CT molecular complexity index is 1390. The third-order valence-electron chi connectivity index (χ3n) is 5.70. The molecule has 0 unspecified atom stereocenters. The molecule has 2 amide bonds. The lowest BCUT2D eigenvalue weighted by atomic mass is 9.95. The third kappa shape index (κ3) is 3.21. The van der Waals surface area contributed by atoms with E-state index < -0.39 is 0 Å². The molecule has 0 radical (unpaired) electrons. The lowest BCUT2D eigenvalue weighted by molar-refractivity contribution is -0.122. The zero-order valence-corrected chi connectivity index (χ0v) is 18.8. The number of nitrogens with zero attached hydrogens (tertiary/aromatic N) is 2. The number of aromatic amines is 1. The molecular weight excluding hydrogens is 456 g/mol. The fraction of sp³-hybridized carbons (Fsp3) is 0.167. The van der Waals surface area contributed by atoms with Crippen LogP contribution in [0.1, 0.15) is 11.1 Å². The van der Waals surface area contributed by atoms with Gasteiger partial charge in [-0.05, 0) is 32.3 Å². The number of benzene rings is 2. The van der Waals surface area contributed by atoms with Crippen molar-refractivity contribution in [3.05, 3.63) is 70.5 Å². The maximum absolute atomic E-state index is 13.0. The first-order valence-corrected chi connectivity index (χ1v) is 10.8. The second-order valence-electron chi connectivity index (χ2n) is 7.95. The fourth-order valence-electron chi connectivity index (χ4n) is 4.24. The van der Waals surface area contributed by atoms with Crippen molar-refractivity contribution in [1.29, 1.82) is 0 Å². The van der Waals surface area contributed by atoms with Crippen molar-refractivity contribution in [2.45, 2.75) is 6.54 Å². The van der Waals surface area contributed by atoms with Gasteiger partial charge in [0.2, 0.25) is 0 Å². The summed E-state index contributed by atoms with van der Waals surface area (Å²) in [5.41, 5.74) is 4.25. The van der Waals surface area contributed by atoms with Gasteiger partial charge < -0.3 is 14.5 Å². The molecule has 4 aromatic rings. The highest BCUT2D eigenvalue weighted by atomic mass is 79.9. The van der Waals surface area contributed by atoms with Crippen LogP contribution < -0.4 is 5.32 Å². The molecule has 5 rings (SSSR count). The second kappa shape index (κ2) is 7.51. The lowest BCUT2D eigenvalue weighted by Crippen LogP contribution is -2.22. The maximum atomic E-state index is 13.0. The van der Waals surface area contributed by atoms with Crippen LogP contribution in [0.25, 0.3) is 33.0 Å². The summed E-state index contributed by atoms with van der Waals surface area (Å²) in [7, 11) is 4.06. The van der Waals surface area contributed by atoms with E-state index in [0.717, 1.165) is 50.5 Å². The molecule has 1 aliphatic heterocycles. The Hall–Kier alpha value is -3.16. The number of halogens is 1. The van der Waals surface area contributed by atoms with Crippen LogP contribution in [-0.4, -0.2) is 46.9 Å². The molecule has 0 aliphatic carbocycles. The first kappa shape index (κ1) is 19.8. The van der Waals surface area contributed by atoms with Gasteiger partial charge in [-0.2, -0.15) is 0 Å². The van der Waals surface area contributed by atoms with Crippen LogP contribution in [0.15, 0.2) is 59.3 Å². The van der Waals surface area contributed by atoms with Crippen molar-refractivity contribution in [2.24, 2.45) is 0 Å². The van der Waals surface area contributed by atoms with Crippen LogP contribution in [0, 0.1) is 0 Å². The summed E-state index contributed by atoms with van der Waals surface area (Å²) >= 11 is 3.66. The van der Waals surface area contributed by atoms with Crippen molar-refractivity contribution in [3.8, 4) is 0 Å². The molecule has 0 atom stereocenters. The molecule has 0 fully saturated rings. The molecule has 6 nitrogen and oxygen atoms in total. The fourth-order valence-corrected chi connectivity index (χ4v) is 4.81. The molecule has 156 valence electrons. The standard InChI is InChI=1S/C24H21BrN4O2/c1-28(2)10-11-29-13-16(20-17(25)7-5-9-19(20)29)22-21(23(30)27-24(22)31)15-12-26-18-8-4-3-6-14(15)18/h3-9,12-13,26H,10-11H2,1-2H3,(H,27,30,31). The lowest BCUT2D eigenvalue weighted by Gasteiger charge is -2.11. The highest BCUT2D eigenvalue weighted by molar-refractivity contribution is 9.10. The van der Waals surface area contributed by atoms with Crippen LogP contribution in [0.4, 0.5) is 0 Å². The van der Waals surface area contributed by atoms with Gasteiger partial charge in [0.25, 0.3) is 11.8 Å². The van der Waals surface area contributed by atoms with Crippen LogP contribution >= 0.6 is 15.9 Å². The van der Waals surface area contributed by atoms with E-state index in [2.05, 4.69) is 35.7 Å². The third-order valence-corrected chi connectivity index (χ3v) is 6.36. The number of imide groups is 1. The Kier molecular flexibility index (Phi) is 4.79. The largest absolute Gasteiger partial charge is 0.361 e. The number of hydrogen-bond donors (Lipinski definition) is 2. The zero-order chi connectivity index (χ0) is 21.7. The number of H-pyrrole nitrogens is 1. The van der Waals surface area contributed by atoms with E-state index in [4.69, 9.17) is 0 Å². The molecule has 3 heterocycles. The summed E-state index contributed by atoms with van der Waals surface area (Å²) < 4.78 is 3.03. The van der Waals surface area contributed by atoms with Crippen LogP contribution in [-0.2, 0) is 16.1 Å². The van der Waals surface area contributed by atoms with E-state index in [0.29, 0.717) is 11.1 Å². The van der Waals surface area contributed by atoms with E-state index in [-0.39, 0.29) is 11.8 Å². The smallest absolute Gasteiger partial charge is 0.259 e. The maximum Gasteiger partial charge on any atom is 0.259 e. The first-order chi connectivity index (χ1) is 15.0. The summed E-state index contributed by atoms with van der Waals surface area (Å²) in [6, 6.07) is 13.8. The van der Waals surface area contributed by atoms with Crippen molar-refractivity contribution in [3.63, 3.8) is 0 Å². The number of para-hydroxylation sites is 1. The Morgan fingerprint density at radius 1 is 0.968 bits per heavy atom. The molecule has 2 aromatic carbocycles. The molecule has 0 bridgehead atoms. The number of hydrogen-bond acceptors (Lipinski definition) is 3. The summed E-state index contributed by atoms with van der Waals surface area (Å²) in [5.74, 6) is -0.737. The molecule has 2 N–H and O–H groups in total. The average Bonchev–Trinajstić information content (AvgIpc) is 3.40. The molecule has 0 spiro atoms. The van der Waals surface area contributed by atoms with Gasteiger partial charge in [0.15, 0.2) is 0 Å². The number of likely N-dealkylation sites (N-methyl/N-ethyl adjacent to an activating group) is 1. The number of amides is 2. The highest BCUT2D eigenvalue weighted by Crippen LogP contribution is 2.40. The number of nitrogens with one attached hydrogen (secondary N) is 2. The minimum Gasteiger partial charge on any atom is -0.361 e. The summed E-state index contributed by atoms with van der Waals surface area (Å²) in [6.45, 7) is 1.63. The van der Waals surface area contributed by atoms with Crippen LogP contribution in [0.2, 0.25) is 0 Å². The molecule has 31 heavy (non-hydrogen) atoms. The van der Waals surface area contributed by atoms with Gasteiger partial charge in [0, 0.05) is 62.9 Å². The van der Waals surface area contributed by atoms with Gasteiger partial charge in [-0.25, -0.2) is 0 Å². The van der Waals surface area contributed by atoms with Gasteiger partial charge >= 0.3 is 0 Å². The quantitative estimate of drug-likeness (QED) is 0.427. The topological polar surface area (TPSA) is 70.1 Å². The van der Waals surface area contributed by atoms with Crippen molar-refractivity contribution in [2.75, 3.05) is 20.6 Å².